The molecule has 1 fully saturated rings. The summed E-state index contributed by atoms with van der Waals surface area (Å²) in [5, 5.41) is 11.9. The second-order valence-electron chi connectivity index (χ2n) is 17.1. The molecule has 0 radical (unpaired) electrons. The number of allylic oxidation sites excluding steroid dienone is 1. The Hall–Kier alpha value is -7.60. The highest BCUT2D eigenvalue weighted by Gasteiger charge is 2.53. The number of hydrogen-bond acceptors (Lipinski definition) is 4. The number of fused-ring (bicyclic) bond motifs is 12. The van der Waals surface area contributed by atoms with E-state index in [0.29, 0.717) is 5.84 Å². The number of nitrogens with zero attached hydrogens (tertiary/aromatic N) is 3. The number of rotatable bonds is 4. The van der Waals surface area contributed by atoms with Crippen molar-refractivity contribution in [3.05, 3.63) is 204 Å². The smallest absolute Gasteiger partial charge is 0.160 e. The standard InChI is InChI=1S/C57H35N3OS/c1-57-32-45(57)54(58-56(37-26-25-33-13-2-3-14-34(33)27-37)59-55(57)41-20-12-24-52-53(41)40-19-8-11-23-51(40)62-52)44-31-50-43(39-18-7-10-22-49(39)61-50)30-48(44)60-46-21-9-6-17-38(46)42-28-35-15-4-5-16-36(35)29-47(42)60/h2-31H,32H2,1H3. The summed E-state index contributed by atoms with van der Waals surface area (Å²) in [6, 6.07) is 65.9. The van der Waals surface area contributed by atoms with Gasteiger partial charge >= 0.3 is 0 Å². The molecule has 14 rings (SSSR count). The molecule has 1 saturated carbocycles. The molecule has 1 aliphatic carbocycles. The predicted molar refractivity (Wildman–Crippen MR) is 262 cm³/mol. The fourth-order valence-corrected chi connectivity index (χ4v) is 11.5. The lowest BCUT2D eigenvalue weighted by molar-refractivity contribution is 0.668. The van der Waals surface area contributed by atoms with Crippen molar-refractivity contribution in [2.24, 2.45) is 15.4 Å². The van der Waals surface area contributed by atoms with Gasteiger partial charge in [-0.2, -0.15) is 0 Å². The first kappa shape index (κ1) is 34.1. The van der Waals surface area contributed by atoms with Crippen LogP contribution in [0.15, 0.2) is 202 Å². The zero-order valence-corrected chi connectivity index (χ0v) is 34.5. The number of furan rings is 1. The van der Waals surface area contributed by atoms with Gasteiger partial charge in [0, 0.05) is 63.8 Å². The molecule has 0 saturated heterocycles. The van der Waals surface area contributed by atoms with Crippen LogP contribution in [-0.2, 0) is 0 Å². The minimum absolute atomic E-state index is 0.355. The summed E-state index contributed by atoms with van der Waals surface area (Å²) < 4.78 is 11.7. The van der Waals surface area contributed by atoms with Gasteiger partial charge in [0.15, 0.2) is 5.84 Å². The van der Waals surface area contributed by atoms with Crippen molar-refractivity contribution in [1.29, 1.82) is 0 Å². The highest BCUT2D eigenvalue weighted by atomic mass is 32.1. The molecule has 1 atom stereocenters. The lowest BCUT2D eigenvalue weighted by Gasteiger charge is -2.16. The van der Waals surface area contributed by atoms with Crippen molar-refractivity contribution in [2.45, 2.75) is 13.3 Å². The Morgan fingerprint density at radius 3 is 2.10 bits per heavy atom. The van der Waals surface area contributed by atoms with E-state index in [1.807, 2.05) is 17.4 Å². The highest BCUT2D eigenvalue weighted by molar-refractivity contribution is 7.25. The van der Waals surface area contributed by atoms with Crippen LogP contribution in [0.3, 0.4) is 0 Å². The van der Waals surface area contributed by atoms with E-state index in [4.69, 9.17) is 14.4 Å². The van der Waals surface area contributed by atoms with Gasteiger partial charge in [0.25, 0.3) is 0 Å². The second-order valence-corrected chi connectivity index (χ2v) is 18.2. The van der Waals surface area contributed by atoms with E-state index in [1.165, 1.54) is 58.2 Å². The quantitative estimate of drug-likeness (QED) is 0.175. The van der Waals surface area contributed by atoms with E-state index in [0.717, 1.165) is 73.0 Å². The van der Waals surface area contributed by atoms with Crippen LogP contribution in [0.5, 0.6) is 0 Å². The summed E-state index contributed by atoms with van der Waals surface area (Å²) >= 11 is 1.85. The van der Waals surface area contributed by atoms with Crippen molar-refractivity contribution in [2.75, 3.05) is 0 Å². The topological polar surface area (TPSA) is 42.8 Å². The first-order chi connectivity index (χ1) is 30.6. The van der Waals surface area contributed by atoms with Crippen LogP contribution in [0.1, 0.15) is 30.0 Å². The zero-order valence-electron chi connectivity index (χ0n) is 33.7. The van der Waals surface area contributed by atoms with E-state index >= 15 is 0 Å². The van der Waals surface area contributed by atoms with Crippen LogP contribution in [0.4, 0.5) is 0 Å². The van der Waals surface area contributed by atoms with Crippen molar-refractivity contribution >= 4 is 114 Å². The third-order valence-electron chi connectivity index (χ3n) is 13.5. The molecule has 4 heterocycles. The minimum atomic E-state index is -0.355. The van der Waals surface area contributed by atoms with E-state index in [9.17, 15) is 0 Å². The number of benzene rings is 9. The zero-order chi connectivity index (χ0) is 40.7. The average Bonchev–Trinajstić information content (AvgIpc) is 3.55. The molecule has 1 aliphatic heterocycles. The molecular weight excluding hydrogens is 775 g/mol. The molecule has 0 spiro atoms. The van der Waals surface area contributed by atoms with Gasteiger partial charge < -0.3 is 8.98 Å². The molecule has 0 amide bonds. The number of para-hydroxylation sites is 2. The minimum Gasteiger partial charge on any atom is -0.456 e. The van der Waals surface area contributed by atoms with E-state index < -0.39 is 0 Å². The largest absolute Gasteiger partial charge is 0.456 e. The fourth-order valence-electron chi connectivity index (χ4n) is 10.4. The molecule has 1 unspecified atom stereocenters. The first-order valence-electron chi connectivity index (χ1n) is 21.3. The third kappa shape index (κ3) is 4.82. The number of aliphatic imine (C=N–C) groups is 2. The van der Waals surface area contributed by atoms with Gasteiger partial charge in [-0.25, -0.2) is 9.98 Å². The SMILES string of the molecule is CC12CC1=C(c1cc3oc4ccccc4c3cc1-n1c3ccccc3c3cc4ccccc4cc31)N=C(c1ccc3ccccc3c1)N=C2c1cccc2sc3ccccc3c12. The fraction of sp³-hybridized carbons (Fsp3) is 0.0526. The predicted octanol–water partition coefficient (Wildman–Crippen LogP) is 15.4. The van der Waals surface area contributed by atoms with Crippen LogP contribution in [0.25, 0.3) is 96.8 Å². The average molecular weight is 810 g/mol. The molecule has 0 bridgehead atoms. The lowest BCUT2D eigenvalue weighted by atomic mass is 9.90. The van der Waals surface area contributed by atoms with Gasteiger partial charge in [0.05, 0.1) is 28.1 Å². The Kier molecular flexibility index (Phi) is 6.87. The van der Waals surface area contributed by atoms with Gasteiger partial charge in [-0.3, -0.25) is 0 Å². The maximum Gasteiger partial charge on any atom is 0.160 e. The molecule has 3 aromatic heterocycles. The van der Waals surface area contributed by atoms with Crippen molar-refractivity contribution < 1.29 is 4.42 Å². The highest BCUT2D eigenvalue weighted by Crippen LogP contribution is 2.60. The Morgan fingerprint density at radius 1 is 0.516 bits per heavy atom. The van der Waals surface area contributed by atoms with Crippen LogP contribution < -0.4 is 0 Å². The van der Waals surface area contributed by atoms with Crippen molar-refractivity contribution in [1.82, 2.24) is 4.57 Å². The molecule has 2 aliphatic rings. The van der Waals surface area contributed by atoms with Crippen molar-refractivity contribution in [3.63, 3.8) is 0 Å². The third-order valence-corrected chi connectivity index (χ3v) is 14.6. The van der Waals surface area contributed by atoms with E-state index in [2.05, 4.69) is 187 Å². The number of thiophene rings is 1. The molecule has 0 N–H and O–H groups in total. The van der Waals surface area contributed by atoms with Crippen LogP contribution in [0, 0.1) is 5.41 Å². The molecule has 4 nitrogen and oxygen atoms in total. The summed E-state index contributed by atoms with van der Waals surface area (Å²) in [5.41, 5.74) is 11.2. The Labute approximate surface area is 360 Å². The van der Waals surface area contributed by atoms with E-state index in [1.54, 1.807) is 0 Å². The summed E-state index contributed by atoms with van der Waals surface area (Å²) in [7, 11) is 0. The normalized spacial score (nSPS) is 16.6. The molecule has 12 aromatic rings. The Balaban J connectivity index is 1.10. The van der Waals surface area contributed by atoms with Gasteiger partial charge in [-0.1, -0.05) is 127 Å². The van der Waals surface area contributed by atoms with Gasteiger partial charge in [0.2, 0.25) is 0 Å². The number of amidine groups is 1. The van der Waals surface area contributed by atoms with Crippen molar-refractivity contribution in [3.8, 4) is 5.69 Å². The molecular formula is C57H35N3OS. The van der Waals surface area contributed by atoms with E-state index in [-0.39, 0.29) is 5.41 Å². The summed E-state index contributed by atoms with van der Waals surface area (Å²) in [4.78, 5) is 11.5. The molecule has 9 aromatic carbocycles. The van der Waals surface area contributed by atoms with Crippen LogP contribution >= 0.6 is 11.3 Å². The second kappa shape index (κ2) is 12.5. The summed E-state index contributed by atoms with van der Waals surface area (Å²) in [6.45, 7) is 2.37. The van der Waals surface area contributed by atoms with Gasteiger partial charge in [-0.15, -0.1) is 11.3 Å². The van der Waals surface area contributed by atoms with Gasteiger partial charge in [-0.05, 0) is 95.1 Å². The maximum atomic E-state index is 6.72. The summed E-state index contributed by atoms with van der Waals surface area (Å²) in [5.74, 6) is 0.710. The Bertz CT molecular complexity index is 4040. The molecule has 62 heavy (non-hydrogen) atoms. The first-order valence-corrected chi connectivity index (χ1v) is 22.1. The number of hydrogen-bond donors (Lipinski definition) is 0. The molecule has 290 valence electrons. The summed E-state index contributed by atoms with van der Waals surface area (Å²) in [6.07, 6.45) is 0.851. The van der Waals surface area contributed by atoms with Crippen LogP contribution in [0.2, 0.25) is 0 Å². The molecule has 5 heteroatoms. The monoisotopic (exact) mass is 809 g/mol. The Morgan fingerprint density at radius 2 is 1.23 bits per heavy atom. The lowest BCUT2D eigenvalue weighted by Crippen LogP contribution is -2.16. The number of aromatic nitrogens is 1. The van der Waals surface area contributed by atoms with Gasteiger partial charge in [0.1, 0.15) is 11.2 Å². The van der Waals surface area contributed by atoms with Crippen LogP contribution in [-0.4, -0.2) is 16.1 Å². The maximum absolute atomic E-state index is 6.72.